The number of benzene rings is 1. The van der Waals surface area contributed by atoms with Crippen molar-refractivity contribution in [2.24, 2.45) is 0 Å². The van der Waals surface area contributed by atoms with Crippen LogP contribution in [0.15, 0.2) is 61.2 Å². The zero-order valence-electron chi connectivity index (χ0n) is 20.9. The first kappa shape index (κ1) is 24.4. The normalized spacial score (nSPS) is 13.1. The highest BCUT2D eigenvalue weighted by Crippen LogP contribution is 2.34. The van der Waals surface area contributed by atoms with Crippen molar-refractivity contribution >= 4 is 22.6 Å². The van der Waals surface area contributed by atoms with Crippen molar-refractivity contribution in [1.29, 1.82) is 0 Å². The average Bonchev–Trinajstić information content (AvgIpc) is 3.65. The molecule has 0 fully saturated rings. The van der Waals surface area contributed by atoms with Crippen LogP contribution in [0.25, 0.3) is 44.8 Å². The van der Waals surface area contributed by atoms with E-state index < -0.39 is 11.6 Å². The lowest BCUT2D eigenvalue weighted by molar-refractivity contribution is 0.585. The van der Waals surface area contributed by atoms with Crippen LogP contribution in [0.3, 0.4) is 0 Å². The minimum Gasteiger partial charge on any atom is -0.312 e. The zero-order valence-corrected chi connectivity index (χ0v) is 21.6. The summed E-state index contributed by atoms with van der Waals surface area (Å²) in [6, 6.07) is 9.60. The van der Waals surface area contributed by atoms with E-state index in [1.807, 2.05) is 24.5 Å². The standard InChI is InChI=1S/C28H20ClF2N9/c29-20-7-18(21(30)8-22(20)31)28-19(12-35-38-28)24-1-2-25-26(36-24)6-17(11-34-25)27-14-40(39-37-27)13-15-5-16-10-32-4-3-23(16)33-9-15/h1-2,5-9,11-12,14,32H,3-4,10,13H2,(H,35,38). The number of hydrogen-bond donors (Lipinski definition) is 2. The highest BCUT2D eigenvalue weighted by Gasteiger charge is 2.18. The molecule has 0 atom stereocenters. The molecular formula is C28H20ClF2N9. The van der Waals surface area contributed by atoms with Gasteiger partial charge in [-0.2, -0.15) is 5.10 Å². The summed E-state index contributed by atoms with van der Waals surface area (Å²) >= 11 is 5.91. The van der Waals surface area contributed by atoms with Crippen molar-refractivity contribution in [1.82, 2.24) is 45.5 Å². The van der Waals surface area contributed by atoms with Crippen LogP contribution in [0.5, 0.6) is 0 Å². The van der Waals surface area contributed by atoms with E-state index in [1.54, 1.807) is 16.9 Å². The third kappa shape index (κ3) is 4.48. The van der Waals surface area contributed by atoms with E-state index >= 15 is 0 Å². The zero-order chi connectivity index (χ0) is 27.2. The van der Waals surface area contributed by atoms with Gasteiger partial charge in [0.1, 0.15) is 17.3 Å². The highest BCUT2D eigenvalue weighted by atomic mass is 35.5. The largest absolute Gasteiger partial charge is 0.312 e. The van der Waals surface area contributed by atoms with Crippen LogP contribution in [-0.2, 0) is 19.5 Å². The molecule has 6 heterocycles. The second kappa shape index (κ2) is 9.85. The fourth-order valence-corrected chi connectivity index (χ4v) is 5.04. The molecule has 0 amide bonds. The Bertz CT molecular complexity index is 1900. The fraction of sp³-hybridized carbons (Fsp3) is 0.143. The molecule has 0 saturated heterocycles. The minimum atomic E-state index is -0.833. The van der Waals surface area contributed by atoms with E-state index in [-0.39, 0.29) is 10.6 Å². The van der Waals surface area contributed by atoms with Crippen LogP contribution in [0, 0.1) is 11.6 Å². The van der Waals surface area contributed by atoms with Crippen molar-refractivity contribution < 1.29 is 8.78 Å². The number of halogens is 3. The summed E-state index contributed by atoms with van der Waals surface area (Å²) in [6.45, 7) is 2.32. The minimum absolute atomic E-state index is 0.0923. The summed E-state index contributed by atoms with van der Waals surface area (Å²) in [6.07, 6.45) is 7.95. The van der Waals surface area contributed by atoms with E-state index in [4.69, 9.17) is 16.6 Å². The third-order valence-electron chi connectivity index (χ3n) is 6.88. The van der Waals surface area contributed by atoms with Gasteiger partial charge < -0.3 is 5.32 Å². The molecule has 0 aliphatic carbocycles. The Balaban J connectivity index is 1.19. The predicted octanol–water partition coefficient (Wildman–Crippen LogP) is 4.97. The topological polar surface area (TPSA) is 110 Å². The van der Waals surface area contributed by atoms with Gasteiger partial charge in [-0.25, -0.2) is 18.4 Å². The quantitative estimate of drug-likeness (QED) is 0.289. The molecule has 0 radical (unpaired) electrons. The molecule has 5 aromatic heterocycles. The number of pyridine rings is 3. The van der Waals surface area contributed by atoms with Gasteiger partial charge >= 0.3 is 0 Å². The van der Waals surface area contributed by atoms with Gasteiger partial charge in [0.2, 0.25) is 0 Å². The van der Waals surface area contributed by atoms with Crippen LogP contribution in [-0.4, -0.2) is 46.7 Å². The molecule has 198 valence electrons. The number of aromatic nitrogens is 8. The van der Waals surface area contributed by atoms with Gasteiger partial charge in [0.05, 0.1) is 46.4 Å². The third-order valence-corrected chi connectivity index (χ3v) is 7.17. The van der Waals surface area contributed by atoms with Crippen LogP contribution < -0.4 is 5.32 Å². The molecule has 40 heavy (non-hydrogen) atoms. The number of rotatable bonds is 5. The van der Waals surface area contributed by atoms with E-state index in [9.17, 15) is 8.78 Å². The van der Waals surface area contributed by atoms with Gasteiger partial charge in [0.25, 0.3) is 0 Å². The Morgan fingerprint density at radius 1 is 0.925 bits per heavy atom. The Morgan fingerprint density at radius 2 is 1.85 bits per heavy atom. The van der Waals surface area contributed by atoms with Gasteiger partial charge in [-0.1, -0.05) is 16.8 Å². The molecule has 6 aromatic rings. The van der Waals surface area contributed by atoms with Crippen LogP contribution >= 0.6 is 11.6 Å². The SMILES string of the molecule is Fc1cc(F)c(-c2[nH]ncc2-c2ccc3ncc(-c4cn(Cc5cnc6c(c5)CNCC6)nn4)cc3n2)cc1Cl. The second-order valence-electron chi connectivity index (χ2n) is 9.54. The van der Waals surface area contributed by atoms with Crippen molar-refractivity contribution in [3.63, 3.8) is 0 Å². The molecule has 7 rings (SSSR count). The smallest absolute Gasteiger partial charge is 0.144 e. The summed E-state index contributed by atoms with van der Waals surface area (Å²) in [5.41, 5.74) is 7.61. The molecule has 0 unspecified atom stereocenters. The summed E-state index contributed by atoms with van der Waals surface area (Å²) in [7, 11) is 0. The average molecular weight is 556 g/mol. The maximum Gasteiger partial charge on any atom is 0.144 e. The Morgan fingerprint density at radius 3 is 2.77 bits per heavy atom. The first-order chi connectivity index (χ1) is 19.5. The number of H-pyrrole nitrogens is 1. The second-order valence-corrected chi connectivity index (χ2v) is 9.95. The molecule has 0 spiro atoms. The lowest BCUT2D eigenvalue weighted by Gasteiger charge is -2.16. The monoisotopic (exact) mass is 555 g/mol. The maximum atomic E-state index is 14.6. The lowest BCUT2D eigenvalue weighted by atomic mass is 10.0. The van der Waals surface area contributed by atoms with Gasteiger partial charge in [0.15, 0.2) is 0 Å². The lowest BCUT2D eigenvalue weighted by Crippen LogP contribution is -2.24. The van der Waals surface area contributed by atoms with Crippen LogP contribution in [0.4, 0.5) is 8.78 Å². The molecule has 9 nitrogen and oxygen atoms in total. The molecule has 2 N–H and O–H groups in total. The van der Waals surface area contributed by atoms with Gasteiger partial charge in [-0.15, -0.1) is 5.10 Å². The van der Waals surface area contributed by atoms with E-state index in [1.165, 1.54) is 17.8 Å². The Labute approximate surface area is 231 Å². The van der Waals surface area contributed by atoms with Crippen molar-refractivity contribution in [3.8, 4) is 33.8 Å². The molecule has 12 heteroatoms. The summed E-state index contributed by atoms with van der Waals surface area (Å²) in [5, 5.41) is 18.7. The molecular weight excluding hydrogens is 536 g/mol. The summed E-state index contributed by atoms with van der Waals surface area (Å²) in [4.78, 5) is 13.9. The number of aromatic amines is 1. The molecule has 1 aromatic carbocycles. The van der Waals surface area contributed by atoms with E-state index in [0.29, 0.717) is 40.2 Å². The Hall–Kier alpha value is -4.61. The highest BCUT2D eigenvalue weighted by molar-refractivity contribution is 6.31. The molecule has 1 aliphatic heterocycles. The molecule has 0 saturated carbocycles. The van der Waals surface area contributed by atoms with Gasteiger partial charge in [-0.3, -0.25) is 15.1 Å². The first-order valence-corrected chi connectivity index (χ1v) is 12.9. The fourth-order valence-electron chi connectivity index (χ4n) is 4.87. The van der Waals surface area contributed by atoms with Crippen LogP contribution in [0.2, 0.25) is 5.02 Å². The number of hydrogen-bond acceptors (Lipinski definition) is 7. The van der Waals surface area contributed by atoms with Crippen LogP contribution in [0.1, 0.15) is 16.8 Å². The first-order valence-electron chi connectivity index (χ1n) is 12.6. The molecule has 0 bridgehead atoms. The van der Waals surface area contributed by atoms with Gasteiger partial charge in [0, 0.05) is 60.4 Å². The number of fused-ring (bicyclic) bond motifs is 2. The van der Waals surface area contributed by atoms with E-state index in [0.717, 1.165) is 42.4 Å². The van der Waals surface area contributed by atoms with Crippen molar-refractivity contribution in [2.45, 2.75) is 19.5 Å². The number of nitrogens with zero attached hydrogens (tertiary/aromatic N) is 7. The summed E-state index contributed by atoms with van der Waals surface area (Å²) in [5.74, 6) is -1.59. The summed E-state index contributed by atoms with van der Waals surface area (Å²) < 4.78 is 30.1. The Kier molecular flexibility index (Phi) is 6.02. The van der Waals surface area contributed by atoms with Crippen molar-refractivity contribution in [3.05, 3.63) is 94.7 Å². The van der Waals surface area contributed by atoms with E-state index in [2.05, 4.69) is 41.9 Å². The predicted molar refractivity (Wildman–Crippen MR) is 145 cm³/mol. The number of nitrogens with one attached hydrogen (secondary N) is 2. The van der Waals surface area contributed by atoms with Gasteiger partial charge in [-0.05, 0) is 41.5 Å². The van der Waals surface area contributed by atoms with Crippen molar-refractivity contribution in [2.75, 3.05) is 6.54 Å². The molecule has 1 aliphatic rings. The maximum absolute atomic E-state index is 14.6.